The van der Waals surface area contributed by atoms with Crippen molar-refractivity contribution in [3.8, 4) is 0 Å². The first kappa shape index (κ1) is 11.9. The van der Waals surface area contributed by atoms with Crippen molar-refractivity contribution < 1.29 is 9.90 Å². The zero-order valence-corrected chi connectivity index (χ0v) is 9.93. The number of hydrogen-bond acceptors (Lipinski definition) is 3. The lowest BCUT2D eigenvalue weighted by Gasteiger charge is -2.22. The number of rotatable bonds is 3. The number of nitrogens with two attached hydrogens (primary N) is 1. The van der Waals surface area contributed by atoms with E-state index in [1.807, 2.05) is 11.8 Å². The van der Waals surface area contributed by atoms with Crippen LogP contribution in [0.3, 0.4) is 0 Å². The molecule has 4 nitrogen and oxygen atoms in total. The van der Waals surface area contributed by atoms with E-state index in [-0.39, 0.29) is 17.9 Å². The molecular formula is C12H22N2O2. The topological polar surface area (TPSA) is 66.6 Å². The van der Waals surface area contributed by atoms with E-state index in [0.29, 0.717) is 18.4 Å². The van der Waals surface area contributed by atoms with E-state index in [4.69, 9.17) is 5.73 Å². The summed E-state index contributed by atoms with van der Waals surface area (Å²) < 4.78 is 0. The number of nitrogens with zero attached hydrogens (tertiary/aromatic N) is 1. The SMILES string of the molecule is CC(CCN)C(=O)N1CC2CCC(O)C2C1. The summed E-state index contributed by atoms with van der Waals surface area (Å²) in [6.45, 7) is 4.10. The molecule has 1 aliphatic carbocycles. The number of carbonyl (C=O) groups is 1. The molecule has 1 saturated heterocycles. The molecule has 3 N–H and O–H groups in total. The van der Waals surface area contributed by atoms with Gasteiger partial charge in [-0.05, 0) is 31.7 Å². The summed E-state index contributed by atoms with van der Waals surface area (Å²) in [5.74, 6) is 1.10. The molecule has 92 valence electrons. The van der Waals surface area contributed by atoms with Crippen LogP contribution >= 0.6 is 0 Å². The zero-order chi connectivity index (χ0) is 11.7. The van der Waals surface area contributed by atoms with Gasteiger partial charge in [0.25, 0.3) is 0 Å². The molecule has 1 aliphatic heterocycles. The highest BCUT2D eigenvalue weighted by Gasteiger charge is 2.43. The third-order valence-electron chi connectivity index (χ3n) is 4.15. The monoisotopic (exact) mass is 226 g/mol. The van der Waals surface area contributed by atoms with Gasteiger partial charge >= 0.3 is 0 Å². The molecule has 0 spiro atoms. The lowest BCUT2D eigenvalue weighted by molar-refractivity contribution is -0.134. The van der Waals surface area contributed by atoms with Crippen molar-refractivity contribution in [3.63, 3.8) is 0 Å². The summed E-state index contributed by atoms with van der Waals surface area (Å²) in [6, 6.07) is 0. The fraction of sp³-hybridized carbons (Fsp3) is 0.917. The number of aliphatic hydroxyl groups excluding tert-OH is 1. The van der Waals surface area contributed by atoms with E-state index in [9.17, 15) is 9.90 Å². The van der Waals surface area contributed by atoms with E-state index >= 15 is 0 Å². The van der Waals surface area contributed by atoms with Crippen LogP contribution in [0.15, 0.2) is 0 Å². The summed E-state index contributed by atoms with van der Waals surface area (Å²) >= 11 is 0. The number of fused-ring (bicyclic) bond motifs is 1. The molecule has 2 fully saturated rings. The van der Waals surface area contributed by atoms with Crippen LogP contribution in [0, 0.1) is 17.8 Å². The Bertz CT molecular complexity index is 270. The van der Waals surface area contributed by atoms with Gasteiger partial charge < -0.3 is 15.7 Å². The molecular weight excluding hydrogens is 204 g/mol. The van der Waals surface area contributed by atoms with E-state index < -0.39 is 0 Å². The van der Waals surface area contributed by atoms with Crippen LogP contribution in [0.1, 0.15) is 26.2 Å². The predicted molar refractivity (Wildman–Crippen MR) is 61.6 cm³/mol. The predicted octanol–water partition coefficient (Wildman–Crippen LogP) is 0.201. The Balaban J connectivity index is 1.91. The summed E-state index contributed by atoms with van der Waals surface area (Å²) in [7, 11) is 0. The second-order valence-corrected chi connectivity index (χ2v) is 5.29. The van der Waals surface area contributed by atoms with Crippen molar-refractivity contribution in [1.29, 1.82) is 0 Å². The van der Waals surface area contributed by atoms with Crippen molar-refractivity contribution in [1.82, 2.24) is 4.90 Å². The number of aliphatic hydroxyl groups is 1. The quantitative estimate of drug-likeness (QED) is 0.722. The van der Waals surface area contributed by atoms with Crippen LogP contribution in [0.25, 0.3) is 0 Å². The van der Waals surface area contributed by atoms with Crippen molar-refractivity contribution >= 4 is 5.91 Å². The van der Waals surface area contributed by atoms with Gasteiger partial charge in [0.2, 0.25) is 5.91 Å². The molecule has 4 heteroatoms. The van der Waals surface area contributed by atoms with E-state index in [0.717, 1.165) is 32.4 Å². The van der Waals surface area contributed by atoms with Gasteiger partial charge in [-0.1, -0.05) is 6.92 Å². The minimum atomic E-state index is -0.187. The minimum absolute atomic E-state index is 0.0287. The van der Waals surface area contributed by atoms with Gasteiger partial charge in [-0.3, -0.25) is 4.79 Å². The first-order valence-corrected chi connectivity index (χ1v) is 6.30. The highest BCUT2D eigenvalue weighted by Crippen LogP contribution is 2.38. The zero-order valence-electron chi connectivity index (χ0n) is 9.93. The maximum Gasteiger partial charge on any atom is 0.225 e. The van der Waals surface area contributed by atoms with Crippen LogP contribution in [0.4, 0.5) is 0 Å². The number of carbonyl (C=O) groups excluding carboxylic acids is 1. The van der Waals surface area contributed by atoms with Gasteiger partial charge in [-0.25, -0.2) is 0 Å². The molecule has 16 heavy (non-hydrogen) atoms. The summed E-state index contributed by atoms with van der Waals surface area (Å²) in [5, 5.41) is 9.78. The molecule has 1 saturated carbocycles. The Hall–Kier alpha value is -0.610. The number of likely N-dealkylation sites (tertiary alicyclic amines) is 1. The van der Waals surface area contributed by atoms with E-state index in [1.54, 1.807) is 0 Å². The fourth-order valence-corrected chi connectivity index (χ4v) is 3.10. The van der Waals surface area contributed by atoms with Crippen LogP contribution in [-0.4, -0.2) is 41.7 Å². The Morgan fingerprint density at radius 3 is 2.88 bits per heavy atom. The summed E-state index contributed by atoms with van der Waals surface area (Å²) in [4.78, 5) is 14.0. The fourth-order valence-electron chi connectivity index (χ4n) is 3.10. The second-order valence-electron chi connectivity index (χ2n) is 5.29. The minimum Gasteiger partial charge on any atom is -0.393 e. The van der Waals surface area contributed by atoms with Crippen LogP contribution in [0.2, 0.25) is 0 Å². The van der Waals surface area contributed by atoms with Crippen LogP contribution in [0.5, 0.6) is 0 Å². The molecule has 0 bridgehead atoms. The van der Waals surface area contributed by atoms with Crippen molar-refractivity contribution in [2.75, 3.05) is 19.6 Å². The van der Waals surface area contributed by atoms with Crippen LogP contribution in [-0.2, 0) is 4.79 Å². The van der Waals surface area contributed by atoms with Gasteiger partial charge in [-0.2, -0.15) is 0 Å². The van der Waals surface area contributed by atoms with Gasteiger partial charge in [0.1, 0.15) is 0 Å². The van der Waals surface area contributed by atoms with Gasteiger partial charge in [0.15, 0.2) is 0 Å². The molecule has 2 rings (SSSR count). The van der Waals surface area contributed by atoms with Crippen molar-refractivity contribution in [2.24, 2.45) is 23.5 Å². The summed E-state index contributed by atoms with van der Waals surface area (Å²) in [6.07, 6.45) is 2.55. The van der Waals surface area contributed by atoms with Gasteiger partial charge in [0.05, 0.1) is 6.10 Å². The first-order chi connectivity index (χ1) is 7.63. The standard InChI is InChI=1S/C12H22N2O2/c1-8(4-5-13)12(16)14-6-9-2-3-11(15)10(9)7-14/h8-11,15H,2-7,13H2,1H3. The van der Waals surface area contributed by atoms with Gasteiger partial charge in [0, 0.05) is 24.9 Å². The third kappa shape index (κ3) is 2.09. The first-order valence-electron chi connectivity index (χ1n) is 6.30. The molecule has 0 aromatic carbocycles. The Morgan fingerprint density at radius 1 is 1.50 bits per heavy atom. The van der Waals surface area contributed by atoms with Crippen LogP contribution < -0.4 is 5.73 Å². The smallest absolute Gasteiger partial charge is 0.225 e. The maximum atomic E-state index is 12.1. The Labute approximate surface area is 96.8 Å². The molecule has 1 heterocycles. The lowest BCUT2D eigenvalue weighted by Crippen LogP contribution is -2.35. The lowest BCUT2D eigenvalue weighted by atomic mass is 10.00. The Kier molecular flexibility index (Phi) is 3.50. The molecule has 0 aromatic heterocycles. The number of hydrogen-bond donors (Lipinski definition) is 2. The molecule has 2 aliphatic rings. The van der Waals surface area contributed by atoms with E-state index in [2.05, 4.69) is 0 Å². The highest BCUT2D eigenvalue weighted by atomic mass is 16.3. The molecule has 4 unspecified atom stereocenters. The largest absolute Gasteiger partial charge is 0.393 e. The van der Waals surface area contributed by atoms with Crippen molar-refractivity contribution in [3.05, 3.63) is 0 Å². The normalized spacial score (nSPS) is 35.2. The highest BCUT2D eigenvalue weighted by molar-refractivity contribution is 5.78. The van der Waals surface area contributed by atoms with Gasteiger partial charge in [-0.15, -0.1) is 0 Å². The molecule has 0 aromatic rings. The molecule has 0 radical (unpaired) electrons. The maximum absolute atomic E-state index is 12.1. The summed E-state index contributed by atoms with van der Waals surface area (Å²) in [5.41, 5.74) is 5.47. The number of amides is 1. The average molecular weight is 226 g/mol. The van der Waals surface area contributed by atoms with Crippen molar-refractivity contribution in [2.45, 2.75) is 32.3 Å². The molecule has 1 amide bonds. The Morgan fingerprint density at radius 2 is 2.25 bits per heavy atom. The molecule has 4 atom stereocenters. The van der Waals surface area contributed by atoms with E-state index in [1.165, 1.54) is 0 Å². The second kappa shape index (κ2) is 4.72. The average Bonchev–Trinajstić information content (AvgIpc) is 2.81. The third-order valence-corrected chi connectivity index (χ3v) is 4.15.